The van der Waals surface area contributed by atoms with Crippen LogP contribution >= 0.6 is 0 Å². The minimum atomic E-state index is -0.192. The average molecular weight is 375 g/mol. The van der Waals surface area contributed by atoms with E-state index in [9.17, 15) is 4.79 Å². The second-order valence-electron chi connectivity index (χ2n) is 6.42. The zero-order valence-electron chi connectivity index (χ0n) is 15.6. The van der Waals surface area contributed by atoms with Crippen LogP contribution in [0.15, 0.2) is 60.8 Å². The quantitative estimate of drug-likeness (QED) is 0.691. The molecular formula is C22H21N3O3. The Kier molecular flexibility index (Phi) is 5.10. The van der Waals surface area contributed by atoms with E-state index in [-0.39, 0.29) is 5.91 Å². The molecule has 0 unspecified atom stereocenters. The molecule has 0 saturated heterocycles. The molecule has 1 aliphatic heterocycles. The molecule has 2 N–H and O–H groups in total. The number of hydrogen-bond donors (Lipinski definition) is 2. The normalized spacial score (nSPS) is 12.3. The molecule has 0 fully saturated rings. The topological polar surface area (TPSA) is 72.5 Å². The van der Waals surface area contributed by atoms with Crippen molar-refractivity contribution < 1.29 is 14.3 Å². The first-order chi connectivity index (χ1) is 13.7. The molecule has 0 bridgehead atoms. The van der Waals surface area contributed by atoms with Crippen molar-refractivity contribution in [2.75, 3.05) is 23.8 Å². The second-order valence-corrected chi connectivity index (χ2v) is 6.42. The van der Waals surface area contributed by atoms with Crippen molar-refractivity contribution in [3.05, 3.63) is 71.9 Å². The zero-order chi connectivity index (χ0) is 19.3. The van der Waals surface area contributed by atoms with E-state index in [2.05, 4.69) is 22.5 Å². The third-order valence-electron chi connectivity index (χ3n) is 4.46. The molecule has 28 heavy (non-hydrogen) atoms. The number of aromatic nitrogens is 1. The molecule has 1 aromatic heterocycles. The summed E-state index contributed by atoms with van der Waals surface area (Å²) in [5.74, 6) is 1.90. The van der Waals surface area contributed by atoms with Crippen molar-refractivity contribution in [3.8, 4) is 11.5 Å². The SMILES string of the molecule is CCc1ccc(NC(=O)c2ccc(Nc3ccc4c(c3)OCCO4)nc2)cc1. The summed E-state index contributed by atoms with van der Waals surface area (Å²) in [5.41, 5.74) is 3.33. The number of pyridine rings is 1. The molecule has 3 aromatic rings. The van der Waals surface area contributed by atoms with Crippen LogP contribution in [0.2, 0.25) is 0 Å². The lowest BCUT2D eigenvalue weighted by Crippen LogP contribution is -2.15. The lowest BCUT2D eigenvalue weighted by atomic mass is 10.1. The minimum absolute atomic E-state index is 0.192. The Morgan fingerprint density at radius 3 is 2.43 bits per heavy atom. The Hall–Kier alpha value is -3.54. The summed E-state index contributed by atoms with van der Waals surface area (Å²) in [6.07, 6.45) is 2.52. The third kappa shape index (κ3) is 4.06. The number of anilines is 3. The van der Waals surface area contributed by atoms with E-state index in [1.807, 2.05) is 42.5 Å². The van der Waals surface area contributed by atoms with Crippen LogP contribution in [0.25, 0.3) is 0 Å². The fourth-order valence-electron chi connectivity index (χ4n) is 2.90. The van der Waals surface area contributed by atoms with Gasteiger partial charge in [-0.3, -0.25) is 4.79 Å². The summed E-state index contributed by atoms with van der Waals surface area (Å²) in [7, 11) is 0. The Morgan fingerprint density at radius 2 is 1.71 bits per heavy atom. The van der Waals surface area contributed by atoms with Crippen molar-refractivity contribution in [3.63, 3.8) is 0 Å². The number of ether oxygens (including phenoxy) is 2. The molecule has 4 rings (SSSR count). The van der Waals surface area contributed by atoms with Crippen LogP contribution in [0.1, 0.15) is 22.8 Å². The van der Waals surface area contributed by atoms with E-state index >= 15 is 0 Å². The molecule has 0 radical (unpaired) electrons. The van der Waals surface area contributed by atoms with Crippen molar-refractivity contribution in [2.45, 2.75) is 13.3 Å². The van der Waals surface area contributed by atoms with Crippen LogP contribution < -0.4 is 20.1 Å². The molecule has 6 nitrogen and oxygen atoms in total. The number of amides is 1. The Morgan fingerprint density at radius 1 is 0.964 bits per heavy atom. The van der Waals surface area contributed by atoms with Crippen LogP contribution in [0.5, 0.6) is 11.5 Å². The number of nitrogens with one attached hydrogen (secondary N) is 2. The van der Waals surface area contributed by atoms with Crippen LogP contribution in [0, 0.1) is 0 Å². The number of aryl methyl sites for hydroxylation is 1. The molecule has 2 aromatic carbocycles. The molecule has 1 amide bonds. The van der Waals surface area contributed by atoms with E-state index < -0.39 is 0 Å². The number of nitrogens with zero attached hydrogens (tertiary/aromatic N) is 1. The van der Waals surface area contributed by atoms with Crippen molar-refractivity contribution >= 4 is 23.1 Å². The first kappa shape index (κ1) is 17.9. The molecule has 142 valence electrons. The largest absolute Gasteiger partial charge is 0.486 e. The summed E-state index contributed by atoms with van der Waals surface area (Å²) >= 11 is 0. The summed E-state index contributed by atoms with van der Waals surface area (Å²) in [5, 5.41) is 6.09. The van der Waals surface area contributed by atoms with Gasteiger partial charge in [-0.2, -0.15) is 0 Å². The van der Waals surface area contributed by atoms with Gasteiger partial charge in [0, 0.05) is 23.6 Å². The van der Waals surface area contributed by atoms with E-state index in [1.54, 1.807) is 18.3 Å². The maximum absolute atomic E-state index is 12.4. The molecule has 2 heterocycles. The Balaban J connectivity index is 1.41. The summed E-state index contributed by atoms with van der Waals surface area (Å²) in [6.45, 7) is 3.20. The van der Waals surface area contributed by atoms with Gasteiger partial charge in [0.15, 0.2) is 11.5 Å². The maximum Gasteiger partial charge on any atom is 0.257 e. The predicted molar refractivity (Wildman–Crippen MR) is 109 cm³/mol. The molecule has 6 heteroatoms. The van der Waals surface area contributed by atoms with Gasteiger partial charge in [-0.1, -0.05) is 19.1 Å². The highest BCUT2D eigenvalue weighted by molar-refractivity contribution is 6.04. The van der Waals surface area contributed by atoms with E-state index in [4.69, 9.17) is 9.47 Å². The van der Waals surface area contributed by atoms with Gasteiger partial charge in [0.1, 0.15) is 19.0 Å². The van der Waals surface area contributed by atoms with Crippen LogP contribution in [0.4, 0.5) is 17.2 Å². The monoisotopic (exact) mass is 375 g/mol. The lowest BCUT2D eigenvalue weighted by Gasteiger charge is -2.19. The third-order valence-corrected chi connectivity index (χ3v) is 4.46. The highest BCUT2D eigenvalue weighted by atomic mass is 16.6. The number of fused-ring (bicyclic) bond motifs is 1. The van der Waals surface area contributed by atoms with Crippen molar-refractivity contribution in [2.24, 2.45) is 0 Å². The number of benzene rings is 2. The maximum atomic E-state index is 12.4. The van der Waals surface area contributed by atoms with E-state index in [0.717, 1.165) is 23.5 Å². The Labute approximate surface area is 163 Å². The molecule has 0 spiro atoms. The molecule has 0 atom stereocenters. The average Bonchev–Trinajstić information content (AvgIpc) is 2.75. The van der Waals surface area contributed by atoms with Gasteiger partial charge in [-0.15, -0.1) is 0 Å². The number of rotatable bonds is 5. The highest BCUT2D eigenvalue weighted by Crippen LogP contribution is 2.33. The summed E-state index contributed by atoms with van der Waals surface area (Å²) in [6, 6.07) is 17.0. The van der Waals surface area contributed by atoms with Crippen molar-refractivity contribution in [1.29, 1.82) is 0 Å². The van der Waals surface area contributed by atoms with E-state index in [0.29, 0.717) is 30.3 Å². The molecule has 1 aliphatic rings. The number of carbonyl (C=O) groups is 1. The van der Waals surface area contributed by atoms with Gasteiger partial charge in [-0.25, -0.2) is 4.98 Å². The fraction of sp³-hybridized carbons (Fsp3) is 0.182. The van der Waals surface area contributed by atoms with Crippen molar-refractivity contribution in [1.82, 2.24) is 4.98 Å². The lowest BCUT2D eigenvalue weighted by molar-refractivity contribution is 0.102. The molecule has 0 saturated carbocycles. The van der Waals surface area contributed by atoms with Crippen LogP contribution in [-0.4, -0.2) is 24.1 Å². The first-order valence-corrected chi connectivity index (χ1v) is 9.24. The summed E-state index contributed by atoms with van der Waals surface area (Å²) < 4.78 is 11.1. The summed E-state index contributed by atoms with van der Waals surface area (Å²) in [4.78, 5) is 16.7. The van der Waals surface area contributed by atoms with Gasteiger partial charge in [-0.05, 0) is 48.4 Å². The smallest absolute Gasteiger partial charge is 0.257 e. The van der Waals surface area contributed by atoms with Gasteiger partial charge in [0.25, 0.3) is 5.91 Å². The van der Waals surface area contributed by atoms with E-state index in [1.165, 1.54) is 5.56 Å². The molecule has 0 aliphatic carbocycles. The van der Waals surface area contributed by atoms with Crippen LogP contribution in [-0.2, 0) is 6.42 Å². The second kappa shape index (κ2) is 8.00. The van der Waals surface area contributed by atoms with Gasteiger partial charge in [0.05, 0.1) is 5.56 Å². The van der Waals surface area contributed by atoms with Gasteiger partial charge in [0.2, 0.25) is 0 Å². The first-order valence-electron chi connectivity index (χ1n) is 9.24. The zero-order valence-corrected chi connectivity index (χ0v) is 15.6. The minimum Gasteiger partial charge on any atom is -0.486 e. The number of hydrogen-bond acceptors (Lipinski definition) is 5. The highest BCUT2D eigenvalue weighted by Gasteiger charge is 2.12. The van der Waals surface area contributed by atoms with Crippen LogP contribution in [0.3, 0.4) is 0 Å². The van der Waals surface area contributed by atoms with Gasteiger partial charge >= 0.3 is 0 Å². The molecular weight excluding hydrogens is 354 g/mol. The standard InChI is InChI=1S/C22H21N3O3/c1-2-15-3-6-17(7-4-15)25-22(26)16-5-10-21(23-14-16)24-18-8-9-19-20(13-18)28-12-11-27-19/h3-10,13-14H,2,11-12H2,1H3,(H,23,24)(H,25,26). The predicted octanol–water partition coefficient (Wildman–Crippen LogP) is 4.41. The number of carbonyl (C=O) groups excluding carboxylic acids is 1. The fourth-order valence-corrected chi connectivity index (χ4v) is 2.90. The Bertz CT molecular complexity index is 969. The van der Waals surface area contributed by atoms with Gasteiger partial charge < -0.3 is 20.1 Å².